The Morgan fingerprint density at radius 2 is 2.00 bits per heavy atom. The lowest BCUT2D eigenvalue weighted by atomic mass is 10.2. The van der Waals surface area contributed by atoms with Crippen molar-refractivity contribution in [2.45, 2.75) is 0 Å². The van der Waals surface area contributed by atoms with Crippen molar-refractivity contribution < 1.29 is 14.4 Å². The predicted molar refractivity (Wildman–Crippen MR) is 89.5 cm³/mol. The molecule has 0 saturated heterocycles. The van der Waals surface area contributed by atoms with E-state index in [1.54, 1.807) is 24.3 Å². The highest BCUT2D eigenvalue weighted by molar-refractivity contribution is 6.31. The molecule has 1 heterocycles. The minimum Gasteiger partial charge on any atom is -0.502 e. The first-order valence-electron chi connectivity index (χ1n) is 6.69. The third-order valence-electron chi connectivity index (χ3n) is 3.24. The SMILES string of the molecule is O=c1ccc2cc(N=Cc3cc(Cl)cc([N+](=O)[O-])c3O)ccc2o1. The number of rotatable bonds is 3. The van der Waals surface area contributed by atoms with Gasteiger partial charge in [-0.2, -0.15) is 0 Å². The van der Waals surface area contributed by atoms with Crippen molar-refractivity contribution in [2.24, 2.45) is 4.99 Å². The molecule has 2 aromatic carbocycles. The van der Waals surface area contributed by atoms with Crippen LogP contribution in [0.15, 0.2) is 56.7 Å². The molecular weight excluding hydrogens is 336 g/mol. The maximum Gasteiger partial charge on any atom is 0.336 e. The minimum absolute atomic E-state index is 0.112. The summed E-state index contributed by atoms with van der Waals surface area (Å²) < 4.78 is 5.02. The molecule has 24 heavy (non-hydrogen) atoms. The molecule has 3 rings (SSSR count). The summed E-state index contributed by atoms with van der Waals surface area (Å²) in [6, 6.07) is 10.2. The van der Waals surface area contributed by atoms with Crippen LogP contribution in [-0.2, 0) is 0 Å². The number of hydrogen-bond acceptors (Lipinski definition) is 6. The van der Waals surface area contributed by atoms with Gasteiger partial charge in [0.15, 0.2) is 0 Å². The molecule has 0 saturated carbocycles. The van der Waals surface area contributed by atoms with Crippen LogP contribution < -0.4 is 5.63 Å². The van der Waals surface area contributed by atoms with Gasteiger partial charge in [-0.3, -0.25) is 15.1 Å². The molecular formula is C16H9ClN2O5. The van der Waals surface area contributed by atoms with Gasteiger partial charge in [-0.25, -0.2) is 4.79 Å². The Kier molecular flexibility index (Phi) is 4.01. The maximum absolute atomic E-state index is 11.1. The highest BCUT2D eigenvalue weighted by Gasteiger charge is 2.17. The summed E-state index contributed by atoms with van der Waals surface area (Å²) in [7, 11) is 0. The van der Waals surface area contributed by atoms with Crippen molar-refractivity contribution in [1.82, 2.24) is 0 Å². The van der Waals surface area contributed by atoms with Crippen LogP contribution in [0.3, 0.4) is 0 Å². The summed E-state index contributed by atoms with van der Waals surface area (Å²) in [5, 5.41) is 21.6. The molecule has 0 fully saturated rings. The molecule has 0 aliphatic carbocycles. The van der Waals surface area contributed by atoms with Crippen molar-refractivity contribution in [3.63, 3.8) is 0 Å². The Morgan fingerprint density at radius 1 is 1.21 bits per heavy atom. The fraction of sp³-hybridized carbons (Fsp3) is 0. The largest absolute Gasteiger partial charge is 0.502 e. The van der Waals surface area contributed by atoms with Crippen molar-refractivity contribution in [2.75, 3.05) is 0 Å². The van der Waals surface area contributed by atoms with Gasteiger partial charge in [-0.05, 0) is 30.3 Å². The smallest absolute Gasteiger partial charge is 0.336 e. The van der Waals surface area contributed by atoms with Gasteiger partial charge in [-0.1, -0.05) is 11.6 Å². The van der Waals surface area contributed by atoms with E-state index >= 15 is 0 Å². The number of benzene rings is 2. The summed E-state index contributed by atoms with van der Waals surface area (Å²) >= 11 is 5.82. The molecule has 0 amide bonds. The Labute approximate surface area is 139 Å². The number of nitro groups is 1. The van der Waals surface area contributed by atoms with Crippen molar-refractivity contribution in [3.05, 3.63) is 73.6 Å². The Morgan fingerprint density at radius 3 is 2.75 bits per heavy atom. The van der Waals surface area contributed by atoms with Gasteiger partial charge in [0.25, 0.3) is 0 Å². The van der Waals surface area contributed by atoms with E-state index in [9.17, 15) is 20.0 Å². The third-order valence-corrected chi connectivity index (χ3v) is 3.45. The van der Waals surface area contributed by atoms with Crippen LogP contribution >= 0.6 is 11.6 Å². The molecule has 8 heteroatoms. The number of aromatic hydroxyl groups is 1. The van der Waals surface area contributed by atoms with Gasteiger partial charge in [0, 0.05) is 34.3 Å². The first-order valence-corrected chi connectivity index (χ1v) is 7.07. The van der Waals surface area contributed by atoms with Gasteiger partial charge in [0.05, 0.1) is 10.6 Å². The summed E-state index contributed by atoms with van der Waals surface area (Å²) in [5.41, 5.74) is 0.106. The van der Waals surface area contributed by atoms with E-state index in [4.69, 9.17) is 16.0 Å². The second-order valence-corrected chi connectivity index (χ2v) is 5.29. The monoisotopic (exact) mass is 344 g/mol. The number of fused-ring (bicyclic) bond motifs is 1. The summed E-state index contributed by atoms with van der Waals surface area (Å²) in [6.07, 6.45) is 1.27. The molecule has 0 aliphatic rings. The van der Waals surface area contributed by atoms with Crippen LogP contribution in [-0.4, -0.2) is 16.2 Å². The zero-order chi connectivity index (χ0) is 17.3. The normalized spacial score (nSPS) is 11.2. The number of aliphatic imine (C=N–C) groups is 1. The lowest BCUT2D eigenvalue weighted by molar-refractivity contribution is -0.385. The van der Waals surface area contributed by atoms with E-state index in [0.29, 0.717) is 16.7 Å². The zero-order valence-corrected chi connectivity index (χ0v) is 12.7. The highest BCUT2D eigenvalue weighted by atomic mass is 35.5. The number of phenols is 1. The Hall–Kier alpha value is -3.19. The van der Waals surface area contributed by atoms with Crippen molar-refractivity contribution >= 4 is 40.2 Å². The molecule has 1 N–H and O–H groups in total. The molecule has 7 nitrogen and oxygen atoms in total. The number of halogens is 1. The van der Waals surface area contributed by atoms with E-state index in [2.05, 4.69) is 4.99 Å². The number of nitro benzene ring substituents is 1. The second-order valence-electron chi connectivity index (χ2n) is 4.85. The predicted octanol–water partition coefficient (Wildman–Crippen LogP) is 3.81. The van der Waals surface area contributed by atoms with E-state index < -0.39 is 22.0 Å². The topological polar surface area (TPSA) is 106 Å². The second kappa shape index (κ2) is 6.13. The van der Waals surface area contributed by atoms with Crippen molar-refractivity contribution in [3.8, 4) is 5.75 Å². The van der Waals surface area contributed by atoms with E-state index in [-0.39, 0.29) is 10.6 Å². The number of phenolic OH excluding ortho intramolecular Hbond substituents is 1. The van der Waals surface area contributed by atoms with Gasteiger partial charge in [0.1, 0.15) is 5.58 Å². The molecule has 0 radical (unpaired) electrons. The first kappa shape index (κ1) is 15.7. The standard InChI is InChI=1S/C16H9ClN2O5/c17-11-5-10(16(21)13(7-11)19(22)23)8-18-12-2-3-14-9(6-12)1-4-15(20)24-14/h1-8,21H. The summed E-state index contributed by atoms with van der Waals surface area (Å²) in [4.78, 5) is 25.5. The van der Waals surface area contributed by atoms with E-state index in [0.717, 1.165) is 6.07 Å². The quantitative estimate of drug-likeness (QED) is 0.336. The Bertz CT molecular complexity index is 1040. The molecule has 0 unspecified atom stereocenters. The highest BCUT2D eigenvalue weighted by Crippen LogP contribution is 2.32. The van der Waals surface area contributed by atoms with E-state index in [1.807, 2.05) is 0 Å². The molecule has 0 atom stereocenters. The van der Waals surface area contributed by atoms with Gasteiger partial charge in [0.2, 0.25) is 5.75 Å². The average Bonchev–Trinajstić information content (AvgIpc) is 2.55. The average molecular weight is 345 g/mol. The van der Waals surface area contributed by atoms with Crippen LogP contribution in [0.1, 0.15) is 5.56 Å². The number of hydrogen-bond donors (Lipinski definition) is 1. The minimum atomic E-state index is -0.726. The van der Waals surface area contributed by atoms with Gasteiger partial charge >= 0.3 is 11.3 Å². The first-order chi connectivity index (χ1) is 11.4. The fourth-order valence-corrected chi connectivity index (χ4v) is 2.35. The van der Waals surface area contributed by atoms with Crippen LogP contribution in [0.2, 0.25) is 5.02 Å². The third kappa shape index (κ3) is 3.11. The van der Waals surface area contributed by atoms with Crippen molar-refractivity contribution in [1.29, 1.82) is 0 Å². The van der Waals surface area contributed by atoms with E-state index in [1.165, 1.54) is 18.3 Å². The van der Waals surface area contributed by atoms with Crippen LogP contribution in [0.25, 0.3) is 11.0 Å². The summed E-state index contributed by atoms with van der Waals surface area (Å²) in [5.74, 6) is -0.514. The number of nitrogens with zero attached hydrogens (tertiary/aromatic N) is 2. The molecule has 0 spiro atoms. The van der Waals surface area contributed by atoms with Crippen LogP contribution in [0, 0.1) is 10.1 Å². The van der Waals surface area contributed by atoms with Crippen LogP contribution in [0.5, 0.6) is 5.75 Å². The maximum atomic E-state index is 11.1. The summed E-state index contributed by atoms with van der Waals surface area (Å²) in [6.45, 7) is 0. The molecule has 1 aromatic heterocycles. The molecule has 120 valence electrons. The molecule has 0 bridgehead atoms. The van der Waals surface area contributed by atoms with Gasteiger partial charge < -0.3 is 9.52 Å². The Balaban J connectivity index is 2.00. The lowest BCUT2D eigenvalue weighted by Gasteiger charge is -2.02. The zero-order valence-electron chi connectivity index (χ0n) is 12.0. The molecule has 3 aromatic rings. The van der Waals surface area contributed by atoms with Crippen LogP contribution in [0.4, 0.5) is 11.4 Å². The van der Waals surface area contributed by atoms with Gasteiger partial charge in [-0.15, -0.1) is 0 Å². The molecule has 0 aliphatic heterocycles. The lowest BCUT2D eigenvalue weighted by Crippen LogP contribution is -1.94. The fourth-order valence-electron chi connectivity index (χ4n) is 2.13.